The van der Waals surface area contributed by atoms with Gasteiger partial charge in [0.15, 0.2) is 0 Å². The van der Waals surface area contributed by atoms with E-state index in [1.165, 1.54) is 6.92 Å². The molecule has 0 rings (SSSR count). The van der Waals surface area contributed by atoms with Gasteiger partial charge in [0.25, 0.3) is 0 Å². The lowest BCUT2D eigenvalue weighted by Gasteiger charge is -1.94. The number of nitro groups is 1. The Morgan fingerprint density at radius 1 is 1.50 bits per heavy atom. The minimum atomic E-state index is -1.25. The van der Waals surface area contributed by atoms with Crippen LogP contribution >= 0.6 is 0 Å². The van der Waals surface area contributed by atoms with Crippen molar-refractivity contribution in [3.8, 4) is 0 Å². The Bertz CT molecular complexity index is 255. The van der Waals surface area contributed by atoms with E-state index >= 15 is 0 Å². The number of carbonyl (C=O) groups is 2. The number of rotatable bonds is 3. The summed E-state index contributed by atoms with van der Waals surface area (Å²) in [7, 11) is 0.980. The van der Waals surface area contributed by atoms with Gasteiger partial charge in [-0.05, 0) is 13.0 Å². The third kappa shape index (κ3) is 2.15. The topological polar surface area (TPSA) is 86.5 Å². The molecule has 0 atom stereocenters. The predicted molar refractivity (Wildman–Crippen MR) is 37.8 cm³/mol. The Morgan fingerprint density at radius 3 is 2.25 bits per heavy atom. The molecule has 0 bridgehead atoms. The highest BCUT2D eigenvalue weighted by Crippen LogP contribution is 1.98. The van der Waals surface area contributed by atoms with Crippen LogP contribution in [0.1, 0.15) is 6.92 Å². The molecule has 0 saturated heterocycles. The van der Waals surface area contributed by atoms with Crippen molar-refractivity contribution in [1.29, 1.82) is 0 Å². The Kier molecular flexibility index (Phi) is 3.61. The van der Waals surface area contributed by atoms with Gasteiger partial charge >= 0.3 is 17.4 Å². The van der Waals surface area contributed by atoms with E-state index in [4.69, 9.17) is 0 Å². The molecule has 0 radical (unpaired) electrons. The second-order valence-electron chi connectivity index (χ2n) is 1.75. The Labute approximate surface area is 68.0 Å². The lowest BCUT2D eigenvalue weighted by Crippen LogP contribution is -2.21. The fourth-order valence-electron chi connectivity index (χ4n) is 0.517. The molecule has 0 spiro atoms. The Morgan fingerprint density at radius 2 is 2.00 bits per heavy atom. The van der Waals surface area contributed by atoms with Crippen molar-refractivity contribution in [2.75, 3.05) is 7.11 Å². The van der Waals surface area contributed by atoms with Crippen LogP contribution in [-0.4, -0.2) is 23.8 Å². The molecular formula is C6H7NO5. The van der Waals surface area contributed by atoms with Crippen LogP contribution in [0, 0.1) is 10.1 Å². The number of esters is 1. The summed E-state index contributed by atoms with van der Waals surface area (Å²) in [5.74, 6) is -2.48. The van der Waals surface area contributed by atoms with E-state index in [2.05, 4.69) is 4.74 Å². The largest absolute Gasteiger partial charge is 0.463 e. The molecule has 0 aliphatic rings. The van der Waals surface area contributed by atoms with Crippen molar-refractivity contribution in [2.45, 2.75) is 6.92 Å². The fraction of sp³-hybridized carbons (Fsp3) is 0.333. The van der Waals surface area contributed by atoms with Crippen LogP contribution in [0.4, 0.5) is 0 Å². The van der Waals surface area contributed by atoms with Crippen LogP contribution in [-0.2, 0) is 14.3 Å². The summed E-state index contributed by atoms with van der Waals surface area (Å²) in [5.41, 5.74) is -0.776. The van der Waals surface area contributed by atoms with Gasteiger partial charge in [0, 0.05) is 0 Å². The molecule has 0 amide bonds. The third-order valence-corrected chi connectivity index (χ3v) is 1.07. The van der Waals surface area contributed by atoms with Crippen molar-refractivity contribution in [1.82, 2.24) is 0 Å². The van der Waals surface area contributed by atoms with Gasteiger partial charge in [0.05, 0.1) is 12.0 Å². The number of ether oxygens (including phenoxy) is 1. The van der Waals surface area contributed by atoms with Crippen LogP contribution in [0.25, 0.3) is 0 Å². The van der Waals surface area contributed by atoms with Crippen molar-refractivity contribution in [2.24, 2.45) is 0 Å². The van der Waals surface area contributed by atoms with Gasteiger partial charge in [-0.25, -0.2) is 4.79 Å². The fourth-order valence-corrected chi connectivity index (χ4v) is 0.517. The van der Waals surface area contributed by atoms with Gasteiger partial charge in [-0.3, -0.25) is 14.9 Å². The van der Waals surface area contributed by atoms with Crippen LogP contribution < -0.4 is 0 Å². The summed E-state index contributed by atoms with van der Waals surface area (Å²) in [6.07, 6.45) is 0.944. The first-order valence-corrected chi connectivity index (χ1v) is 2.98. The monoisotopic (exact) mass is 173 g/mol. The average molecular weight is 173 g/mol. The number of methoxy groups -OCH3 is 1. The first-order valence-electron chi connectivity index (χ1n) is 2.98. The second kappa shape index (κ2) is 4.22. The zero-order valence-corrected chi connectivity index (χ0v) is 6.57. The first kappa shape index (κ1) is 10.3. The van der Waals surface area contributed by atoms with E-state index in [0.29, 0.717) is 0 Å². The normalized spacial score (nSPS) is 10.7. The lowest BCUT2D eigenvalue weighted by molar-refractivity contribution is -0.418. The van der Waals surface area contributed by atoms with Crippen molar-refractivity contribution in [3.63, 3.8) is 0 Å². The molecule has 66 valence electrons. The molecule has 0 saturated carbocycles. The molecule has 0 aliphatic carbocycles. The molecule has 0 aliphatic heterocycles. The summed E-state index contributed by atoms with van der Waals surface area (Å²) in [6, 6.07) is 0. The quantitative estimate of drug-likeness (QED) is 0.196. The molecule has 6 heteroatoms. The van der Waals surface area contributed by atoms with Crippen molar-refractivity contribution >= 4 is 11.8 Å². The van der Waals surface area contributed by atoms with Gasteiger partial charge < -0.3 is 4.74 Å². The molecule has 0 unspecified atom stereocenters. The highest BCUT2D eigenvalue weighted by Gasteiger charge is 2.28. The summed E-state index contributed by atoms with van der Waals surface area (Å²) in [6.45, 7) is 1.29. The molecular weight excluding hydrogens is 166 g/mol. The van der Waals surface area contributed by atoms with E-state index in [0.717, 1.165) is 13.2 Å². The maximum Gasteiger partial charge on any atom is 0.386 e. The SMILES string of the molecule is C/C=C(/C(=O)C(=O)OC)[N+](=O)[O-]. The maximum absolute atomic E-state index is 10.8. The predicted octanol–water partition coefficient (Wildman–Crippen LogP) is -0.0910. The summed E-state index contributed by atoms with van der Waals surface area (Å²) >= 11 is 0. The third-order valence-electron chi connectivity index (χ3n) is 1.07. The lowest BCUT2D eigenvalue weighted by atomic mass is 10.3. The number of Topliss-reactive ketones (excluding diaryl/α,β-unsaturated/α-hetero) is 1. The average Bonchev–Trinajstić information content (AvgIpc) is 2.03. The summed E-state index contributed by atoms with van der Waals surface area (Å²) in [5, 5.41) is 10.1. The van der Waals surface area contributed by atoms with Gasteiger partial charge in [0.1, 0.15) is 0 Å². The molecule has 0 heterocycles. The minimum Gasteiger partial charge on any atom is -0.463 e. The molecule has 0 aromatic heterocycles. The van der Waals surface area contributed by atoms with Gasteiger partial charge in [-0.2, -0.15) is 0 Å². The molecule has 0 fully saturated rings. The van der Waals surface area contributed by atoms with Gasteiger partial charge in [-0.1, -0.05) is 0 Å². The van der Waals surface area contributed by atoms with Crippen LogP contribution in [0.2, 0.25) is 0 Å². The van der Waals surface area contributed by atoms with E-state index in [1.807, 2.05) is 0 Å². The maximum atomic E-state index is 10.8. The van der Waals surface area contributed by atoms with E-state index in [1.54, 1.807) is 0 Å². The zero-order chi connectivity index (χ0) is 9.72. The Hall–Kier alpha value is -1.72. The molecule has 12 heavy (non-hydrogen) atoms. The number of hydrogen-bond acceptors (Lipinski definition) is 5. The summed E-state index contributed by atoms with van der Waals surface area (Å²) in [4.78, 5) is 30.4. The first-order chi connectivity index (χ1) is 5.54. The standard InChI is InChI=1S/C6H7NO5/c1-3-4(7(10)11)5(8)6(9)12-2/h3H,1-2H3/b4-3-. The number of ketones is 1. The smallest absolute Gasteiger partial charge is 0.386 e. The molecule has 0 N–H and O–H groups in total. The van der Waals surface area contributed by atoms with Crippen molar-refractivity contribution < 1.29 is 19.2 Å². The van der Waals surface area contributed by atoms with Crippen LogP contribution in [0.5, 0.6) is 0 Å². The second-order valence-corrected chi connectivity index (χ2v) is 1.75. The highest BCUT2D eigenvalue weighted by atomic mass is 16.6. The van der Waals surface area contributed by atoms with E-state index in [9.17, 15) is 19.7 Å². The van der Waals surface area contributed by atoms with E-state index < -0.39 is 22.4 Å². The number of carbonyl (C=O) groups excluding carboxylic acids is 2. The van der Waals surface area contributed by atoms with Gasteiger partial charge in [0.2, 0.25) is 0 Å². The van der Waals surface area contributed by atoms with Crippen LogP contribution in [0.3, 0.4) is 0 Å². The molecule has 6 nitrogen and oxygen atoms in total. The zero-order valence-electron chi connectivity index (χ0n) is 6.57. The number of nitrogens with zero attached hydrogens (tertiary/aromatic N) is 1. The molecule has 0 aromatic carbocycles. The molecule has 0 aromatic rings. The van der Waals surface area contributed by atoms with E-state index in [-0.39, 0.29) is 0 Å². The minimum absolute atomic E-state index is 0.776. The highest BCUT2D eigenvalue weighted by molar-refractivity contribution is 6.39. The number of allylic oxidation sites excluding steroid dienone is 1. The van der Waals surface area contributed by atoms with Crippen LogP contribution in [0.15, 0.2) is 11.8 Å². The van der Waals surface area contributed by atoms with Gasteiger partial charge in [-0.15, -0.1) is 0 Å². The van der Waals surface area contributed by atoms with Crippen molar-refractivity contribution in [3.05, 3.63) is 21.9 Å². The summed E-state index contributed by atoms with van der Waals surface area (Å²) < 4.78 is 4.01. The Balaban J connectivity index is 4.68. The number of hydrogen-bond donors (Lipinski definition) is 0.